The number of amides is 3. The Morgan fingerprint density at radius 3 is 1.96 bits per heavy atom. The van der Waals surface area contributed by atoms with Crippen molar-refractivity contribution in [1.29, 1.82) is 0 Å². The highest BCUT2D eigenvalue weighted by molar-refractivity contribution is 6.04. The number of hydrogen-bond acceptors (Lipinski definition) is 4. The third kappa shape index (κ3) is 4.84. The molecule has 6 N–H and O–H groups in total. The molecule has 0 aliphatic heterocycles. The van der Waals surface area contributed by atoms with E-state index >= 15 is 0 Å². The average molecular weight is 326 g/mol. The highest BCUT2D eigenvalue weighted by atomic mass is 16.2. The summed E-state index contributed by atoms with van der Waals surface area (Å²) in [5.74, 6) is -1.06. The summed E-state index contributed by atoms with van der Waals surface area (Å²) in [7, 11) is 0. The summed E-state index contributed by atoms with van der Waals surface area (Å²) in [5.41, 5.74) is 12.6. The summed E-state index contributed by atoms with van der Waals surface area (Å²) in [5, 5.41) is 5.31. The van der Waals surface area contributed by atoms with Crippen LogP contribution >= 0.6 is 0 Å². The SMILES string of the molecule is NC(=O)CCNC(=O)c1ccc(NC(=O)c2ccc(N)cc2)cc1. The van der Waals surface area contributed by atoms with E-state index in [0.717, 1.165) is 0 Å². The molecule has 0 aliphatic rings. The highest BCUT2D eigenvalue weighted by Crippen LogP contribution is 2.12. The van der Waals surface area contributed by atoms with Gasteiger partial charge in [-0.25, -0.2) is 0 Å². The van der Waals surface area contributed by atoms with Crippen molar-refractivity contribution in [3.63, 3.8) is 0 Å². The van der Waals surface area contributed by atoms with Gasteiger partial charge in [-0.2, -0.15) is 0 Å². The number of benzene rings is 2. The minimum Gasteiger partial charge on any atom is -0.399 e. The summed E-state index contributed by atoms with van der Waals surface area (Å²) < 4.78 is 0. The third-order valence-corrected chi connectivity index (χ3v) is 3.23. The second kappa shape index (κ2) is 7.77. The molecule has 0 spiro atoms. The molecule has 0 atom stereocenters. The van der Waals surface area contributed by atoms with E-state index in [4.69, 9.17) is 11.5 Å². The van der Waals surface area contributed by atoms with Gasteiger partial charge in [-0.15, -0.1) is 0 Å². The standard InChI is InChI=1S/C17H18N4O3/c18-13-5-1-12(2-6-13)17(24)21-14-7-3-11(4-8-14)16(23)20-10-9-15(19)22/h1-8H,9-10,18H2,(H2,19,22)(H,20,23)(H,21,24). The van der Waals surface area contributed by atoms with Gasteiger partial charge >= 0.3 is 0 Å². The Balaban J connectivity index is 1.94. The van der Waals surface area contributed by atoms with Crippen molar-refractivity contribution >= 4 is 29.1 Å². The Labute approximate surface area is 139 Å². The molecule has 2 aromatic rings. The minimum atomic E-state index is -0.476. The summed E-state index contributed by atoms with van der Waals surface area (Å²) in [4.78, 5) is 34.5. The van der Waals surface area contributed by atoms with E-state index in [9.17, 15) is 14.4 Å². The van der Waals surface area contributed by atoms with Gasteiger partial charge in [0.25, 0.3) is 11.8 Å². The molecular formula is C17H18N4O3. The molecule has 0 heterocycles. The van der Waals surface area contributed by atoms with E-state index in [1.54, 1.807) is 48.5 Å². The lowest BCUT2D eigenvalue weighted by molar-refractivity contribution is -0.117. The second-order valence-electron chi connectivity index (χ2n) is 5.13. The molecule has 2 aromatic carbocycles. The first kappa shape index (κ1) is 17.0. The zero-order valence-corrected chi connectivity index (χ0v) is 12.9. The van der Waals surface area contributed by atoms with Gasteiger partial charge in [-0.1, -0.05) is 0 Å². The lowest BCUT2D eigenvalue weighted by Crippen LogP contribution is -2.27. The largest absolute Gasteiger partial charge is 0.399 e. The summed E-state index contributed by atoms with van der Waals surface area (Å²) in [6.45, 7) is 0.184. The van der Waals surface area contributed by atoms with Crippen LogP contribution in [0.2, 0.25) is 0 Å². The monoisotopic (exact) mass is 326 g/mol. The van der Waals surface area contributed by atoms with Gasteiger partial charge in [0.1, 0.15) is 0 Å². The molecule has 0 saturated carbocycles. The second-order valence-corrected chi connectivity index (χ2v) is 5.13. The van der Waals surface area contributed by atoms with Gasteiger partial charge in [0, 0.05) is 35.5 Å². The Hall–Kier alpha value is -3.35. The first-order chi connectivity index (χ1) is 11.5. The lowest BCUT2D eigenvalue weighted by atomic mass is 10.1. The van der Waals surface area contributed by atoms with Crippen molar-refractivity contribution in [2.75, 3.05) is 17.6 Å². The van der Waals surface area contributed by atoms with E-state index < -0.39 is 5.91 Å². The molecule has 124 valence electrons. The molecule has 0 unspecified atom stereocenters. The van der Waals surface area contributed by atoms with E-state index in [0.29, 0.717) is 22.5 Å². The van der Waals surface area contributed by atoms with Crippen LogP contribution in [0, 0.1) is 0 Å². The van der Waals surface area contributed by atoms with Crippen molar-refractivity contribution in [2.24, 2.45) is 5.73 Å². The van der Waals surface area contributed by atoms with Crippen molar-refractivity contribution in [3.8, 4) is 0 Å². The number of anilines is 2. The number of carbonyl (C=O) groups excluding carboxylic acids is 3. The van der Waals surface area contributed by atoms with E-state index in [1.165, 1.54) is 0 Å². The molecule has 0 radical (unpaired) electrons. The van der Waals surface area contributed by atoms with Gasteiger partial charge in [-0.3, -0.25) is 14.4 Å². The van der Waals surface area contributed by atoms with Crippen LogP contribution in [0.5, 0.6) is 0 Å². The lowest BCUT2D eigenvalue weighted by Gasteiger charge is -2.07. The Morgan fingerprint density at radius 2 is 1.38 bits per heavy atom. The van der Waals surface area contributed by atoms with E-state index in [-0.39, 0.29) is 24.8 Å². The van der Waals surface area contributed by atoms with Crippen LogP contribution in [0.1, 0.15) is 27.1 Å². The molecule has 2 rings (SSSR count). The molecule has 0 fully saturated rings. The zero-order valence-electron chi connectivity index (χ0n) is 12.9. The number of primary amides is 1. The van der Waals surface area contributed by atoms with Crippen LogP contribution in [0.25, 0.3) is 0 Å². The fourth-order valence-electron chi connectivity index (χ4n) is 1.94. The van der Waals surface area contributed by atoms with E-state index in [1.807, 2.05) is 0 Å². The maximum absolute atomic E-state index is 12.1. The van der Waals surface area contributed by atoms with Gasteiger partial charge in [0.2, 0.25) is 5.91 Å². The fraction of sp³-hybridized carbons (Fsp3) is 0.118. The molecule has 7 heteroatoms. The molecule has 0 saturated heterocycles. The predicted molar refractivity (Wildman–Crippen MR) is 91.4 cm³/mol. The molecular weight excluding hydrogens is 308 g/mol. The minimum absolute atomic E-state index is 0.0848. The summed E-state index contributed by atoms with van der Waals surface area (Å²) in [6, 6.07) is 13.0. The normalized spacial score (nSPS) is 10.0. The van der Waals surface area contributed by atoms with Crippen molar-refractivity contribution in [3.05, 3.63) is 59.7 Å². The van der Waals surface area contributed by atoms with Gasteiger partial charge in [-0.05, 0) is 48.5 Å². The molecule has 7 nitrogen and oxygen atoms in total. The maximum Gasteiger partial charge on any atom is 0.255 e. The quantitative estimate of drug-likeness (QED) is 0.593. The van der Waals surface area contributed by atoms with E-state index in [2.05, 4.69) is 10.6 Å². The number of nitrogens with one attached hydrogen (secondary N) is 2. The number of rotatable bonds is 6. The van der Waals surface area contributed by atoms with Gasteiger partial charge < -0.3 is 22.1 Å². The van der Waals surface area contributed by atoms with Gasteiger partial charge in [0.15, 0.2) is 0 Å². The van der Waals surface area contributed by atoms with Crippen LogP contribution in [0.4, 0.5) is 11.4 Å². The fourth-order valence-corrected chi connectivity index (χ4v) is 1.94. The topological polar surface area (TPSA) is 127 Å². The molecule has 0 aliphatic carbocycles. The Bertz CT molecular complexity index is 739. The smallest absolute Gasteiger partial charge is 0.255 e. The zero-order chi connectivity index (χ0) is 17.5. The maximum atomic E-state index is 12.1. The van der Waals surface area contributed by atoms with Crippen LogP contribution in [-0.2, 0) is 4.79 Å². The van der Waals surface area contributed by atoms with Crippen molar-refractivity contribution < 1.29 is 14.4 Å². The number of nitrogens with two attached hydrogens (primary N) is 2. The summed E-state index contributed by atoms with van der Waals surface area (Å²) in [6.07, 6.45) is 0.0848. The number of carbonyl (C=O) groups is 3. The average Bonchev–Trinajstić information content (AvgIpc) is 2.55. The molecule has 0 bridgehead atoms. The predicted octanol–water partition coefficient (Wildman–Crippen LogP) is 1.13. The third-order valence-electron chi connectivity index (χ3n) is 3.23. The molecule has 24 heavy (non-hydrogen) atoms. The van der Waals surface area contributed by atoms with Gasteiger partial charge in [0.05, 0.1) is 0 Å². The van der Waals surface area contributed by atoms with Crippen LogP contribution in [-0.4, -0.2) is 24.3 Å². The molecule has 3 amide bonds. The number of nitrogen functional groups attached to an aromatic ring is 1. The first-order valence-corrected chi connectivity index (χ1v) is 7.29. The van der Waals surface area contributed by atoms with Crippen molar-refractivity contribution in [1.82, 2.24) is 5.32 Å². The summed E-state index contributed by atoms with van der Waals surface area (Å²) >= 11 is 0. The van der Waals surface area contributed by atoms with Crippen molar-refractivity contribution in [2.45, 2.75) is 6.42 Å². The Kier molecular flexibility index (Phi) is 5.51. The first-order valence-electron chi connectivity index (χ1n) is 7.29. The highest BCUT2D eigenvalue weighted by Gasteiger charge is 2.08. The van der Waals surface area contributed by atoms with Crippen LogP contribution in [0.15, 0.2) is 48.5 Å². The Morgan fingerprint density at radius 1 is 0.833 bits per heavy atom. The number of hydrogen-bond donors (Lipinski definition) is 4. The molecule has 0 aromatic heterocycles. The van der Waals surface area contributed by atoms with Crippen LogP contribution in [0.3, 0.4) is 0 Å². The van der Waals surface area contributed by atoms with Crippen LogP contribution < -0.4 is 22.1 Å².